The van der Waals surface area contributed by atoms with Crippen molar-refractivity contribution in [2.75, 3.05) is 12.3 Å². The summed E-state index contributed by atoms with van der Waals surface area (Å²) in [4.78, 5) is 15.0. The van der Waals surface area contributed by atoms with Crippen molar-refractivity contribution in [3.8, 4) is 0 Å². The van der Waals surface area contributed by atoms with Crippen LogP contribution in [0, 0.1) is 0 Å². The topological polar surface area (TPSA) is 143 Å². The first kappa shape index (κ1) is 17.9. The van der Waals surface area contributed by atoms with E-state index in [1.54, 1.807) is 0 Å². The molecule has 1 saturated heterocycles. The molecule has 6 N–H and O–H groups in total. The first-order valence-corrected chi connectivity index (χ1v) is 7.26. The lowest BCUT2D eigenvalue weighted by atomic mass is 10.1. The van der Waals surface area contributed by atoms with Crippen LogP contribution in [-0.2, 0) is 4.74 Å². The van der Waals surface area contributed by atoms with Gasteiger partial charge in [0.15, 0.2) is 6.23 Å². The molecule has 1 aromatic heterocycles. The van der Waals surface area contributed by atoms with E-state index >= 15 is 0 Å². The number of allylic oxidation sites excluding steroid dienone is 4. The van der Waals surface area contributed by atoms with Crippen LogP contribution < -0.4 is 16.7 Å². The van der Waals surface area contributed by atoms with Gasteiger partial charge in [0.2, 0.25) is 0 Å². The van der Waals surface area contributed by atoms with Crippen molar-refractivity contribution in [2.45, 2.75) is 24.5 Å². The Morgan fingerprint density at radius 1 is 1.21 bits per heavy atom. The molecule has 2 aliphatic heterocycles. The molecule has 0 aromatic carbocycles. The Morgan fingerprint density at radius 2 is 1.88 bits per heavy atom. The fourth-order valence-corrected chi connectivity index (χ4v) is 2.14. The Labute approximate surface area is 138 Å². The lowest BCUT2D eigenvalue weighted by Crippen LogP contribution is -2.36. The maximum Gasteiger partial charge on any atom is 0.351 e. The van der Waals surface area contributed by atoms with Crippen molar-refractivity contribution in [2.24, 2.45) is 0 Å². The van der Waals surface area contributed by atoms with Crippen molar-refractivity contribution in [1.82, 2.24) is 14.9 Å². The zero-order chi connectivity index (χ0) is 17.5. The minimum absolute atomic E-state index is 0.0537. The van der Waals surface area contributed by atoms with Gasteiger partial charge in [-0.15, -0.1) is 0 Å². The third kappa shape index (κ3) is 4.30. The number of aliphatic hydroxyl groups excluding tert-OH is 3. The van der Waals surface area contributed by atoms with Crippen LogP contribution >= 0.6 is 0 Å². The monoisotopic (exact) mass is 336 g/mol. The predicted molar refractivity (Wildman–Crippen MR) is 86.5 cm³/mol. The molecule has 0 unspecified atom stereocenters. The number of nitrogens with two attached hydrogens (primary N) is 1. The molecule has 2 aliphatic rings. The van der Waals surface area contributed by atoms with Gasteiger partial charge in [0.05, 0.1) is 6.61 Å². The van der Waals surface area contributed by atoms with E-state index in [9.17, 15) is 15.0 Å². The molecular formula is C15H20N4O5. The van der Waals surface area contributed by atoms with Gasteiger partial charge in [-0.3, -0.25) is 4.57 Å². The van der Waals surface area contributed by atoms with E-state index in [1.807, 2.05) is 36.7 Å². The fourth-order valence-electron chi connectivity index (χ4n) is 2.14. The van der Waals surface area contributed by atoms with Crippen LogP contribution in [0.25, 0.3) is 0 Å². The average molecular weight is 336 g/mol. The molecule has 3 heterocycles. The van der Waals surface area contributed by atoms with Gasteiger partial charge in [0.25, 0.3) is 0 Å². The molecule has 0 bridgehead atoms. The van der Waals surface area contributed by atoms with Crippen LogP contribution in [0.5, 0.6) is 0 Å². The lowest BCUT2D eigenvalue weighted by Gasteiger charge is -2.16. The fraction of sp³-hybridized carbons (Fsp3) is 0.333. The van der Waals surface area contributed by atoms with Crippen molar-refractivity contribution < 1.29 is 20.1 Å². The SMILES string of the molecule is C1=CC=CNC=C1.Nc1ccn([C@@H]2O[C@H](CO)[C@@H](O)[C@H]2O)c(=O)n1. The number of rotatable bonds is 2. The number of hydrogen-bond acceptors (Lipinski definition) is 8. The molecule has 1 fully saturated rings. The maximum atomic E-state index is 11.5. The highest BCUT2D eigenvalue weighted by Crippen LogP contribution is 2.27. The molecule has 0 spiro atoms. The van der Waals surface area contributed by atoms with Gasteiger partial charge in [0, 0.05) is 18.6 Å². The molecule has 9 nitrogen and oxygen atoms in total. The lowest BCUT2D eigenvalue weighted by molar-refractivity contribution is -0.0549. The van der Waals surface area contributed by atoms with Crippen LogP contribution in [0.1, 0.15) is 6.23 Å². The summed E-state index contributed by atoms with van der Waals surface area (Å²) in [7, 11) is 0. The predicted octanol–water partition coefficient (Wildman–Crippen LogP) is -1.39. The minimum Gasteiger partial charge on any atom is -0.394 e. The second-order valence-corrected chi connectivity index (χ2v) is 5.04. The molecule has 24 heavy (non-hydrogen) atoms. The van der Waals surface area contributed by atoms with E-state index in [-0.39, 0.29) is 5.82 Å². The zero-order valence-corrected chi connectivity index (χ0v) is 12.8. The maximum absolute atomic E-state index is 11.5. The third-order valence-electron chi connectivity index (χ3n) is 3.36. The number of nitrogens with one attached hydrogen (secondary N) is 1. The summed E-state index contributed by atoms with van der Waals surface area (Å²) >= 11 is 0. The van der Waals surface area contributed by atoms with E-state index in [2.05, 4.69) is 10.3 Å². The second-order valence-electron chi connectivity index (χ2n) is 5.04. The van der Waals surface area contributed by atoms with Gasteiger partial charge in [-0.1, -0.05) is 12.2 Å². The molecule has 9 heteroatoms. The molecular weight excluding hydrogens is 316 g/mol. The van der Waals surface area contributed by atoms with E-state index in [0.717, 1.165) is 4.57 Å². The van der Waals surface area contributed by atoms with E-state index in [4.69, 9.17) is 15.6 Å². The Hall–Kier alpha value is -2.46. The molecule has 4 atom stereocenters. The van der Waals surface area contributed by atoms with E-state index in [1.165, 1.54) is 12.3 Å². The van der Waals surface area contributed by atoms with E-state index in [0.29, 0.717) is 0 Å². The standard InChI is InChI=1S/C9H13N3O5.C6H7N/c10-5-1-2-12(9(16)11-5)8-7(15)6(14)4(3-13)17-8;1-2-4-6-7-5-3-1/h1-2,4,6-8,13-15H,3H2,(H2,10,11,16);1-7H/t4-,6-,7-,8-;/m1./s1. The Balaban J connectivity index is 0.000000249. The normalized spacial score (nSPS) is 28.0. The summed E-state index contributed by atoms with van der Waals surface area (Å²) in [6.07, 6.45) is 8.31. The number of nitrogen functional groups attached to an aromatic ring is 1. The number of anilines is 1. The Kier molecular flexibility index (Phi) is 6.27. The van der Waals surface area contributed by atoms with Gasteiger partial charge in [-0.2, -0.15) is 4.98 Å². The highest BCUT2D eigenvalue weighted by atomic mass is 16.6. The molecule has 130 valence electrons. The summed E-state index contributed by atoms with van der Waals surface area (Å²) < 4.78 is 6.19. The first-order valence-electron chi connectivity index (χ1n) is 7.26. The Bertz CT molecular complexity index is 671. The summed E-state index contributed by atoms with van der Waals surface area (Å²) in [5.74, 6) is 0.0537. The quantitative estimate of drug-likeness (QED) is 0.444. The number of ether oxygens (including phenoxy) is 1. The van der Waals surface area contributed by atoms with Crippen molar-refractivity contribution in [3.05, 3.63) is 59.5 Å². The smallest absolute Gasteiger partial charge is 0.351 e. The Morgan fingerprint density at radius 3 is 2.42 bits per heavy atom. The highest BCUT2D eigenvalue weighted by molar-refractivity contribution is 5.23. The van der Waals surface area contributed by atoms with Crippen molar-refractivity contribution >= 4 is 5.82 Å². The molecule has 1 aromatic rings. The molecule has 0 radical (unpaired) electrons. The summed E-state index contributed by atoms with van der Waals surface area (Å²) in [6, 6.07) is 1.37. The number of aliphatic hydroxyl groups is 3. The van der Waals surface area contributed by atoms with Gasteiger partial charge in [0.1, 0.15) is 24.1 Å². The molecule has 3 rings (SSSR count). The summed E-state index contributed by atoms with van der Waals surface area (Å²) in [6.45, 7) is -0.453. The van der Waals surface area contributed by atoms with Crippen LogP contribution in [-0.4, -0.2) is 49.8 Å². The minimum atomic E-state index is -1.31. The first-order chi connectivity index (χ1) is 11.5. The number of hydrogen-bond donors (Lipinski definition) is 5. The van der Waals surface area contributed by atoms with Gasteiger partial charge in [-0.25, -0.2) is 4.79 Å². The number of aromatic nitrogens is 2. The van der Waals surface area contributed by atoms with Crippen LogP contribution in [0.3, 0.4) is 0 Å². The zero-order valence-electron chi connectivity index (χ0n) is 12.8. The van der Waals surface area contributed by atoms with Crippen LogP contribution in [0.15, 0.2) is 53.8 Å². The van der Waals surface area contributed by atoms with Crippen LogP contribution in [0.2, 0.25) is 0 Å². The highest BCUT2D eigenvalue weighted by Gasteiger charge is 2.43. The van der Waals surface area contributed by atoms with E-state index < -0.39 is 36.8 Å². The van der Waals surface area contributed by atoms with Crippen molar-refractivity contribution in [3.63, 3.8) is 0 Å². The molecule has 0 saturated carbocycles. The summed E-state index contributed by atoms with van der Waals surface area (Å²) in [5.41, 5.74) is 4.63. The summed E-state index contributed by atoms with van der Waals surface area (Å²) in [5, 5.41) is 31.1. The van der Waals surface area contributed by atoms with Gasteiger partial charge in [-0.05, 0) is 18.2 Å². The van der Waals surface area contributed by atoms with Gasteiger partial charge < -0.3 is 31.1 Å². The number of nitrogens with zero attached hydrogens (tertiary/aromatic N) is 2. The second kappa shape index (κ2) is 8.41. The van der Waals surface area contributed by atoms with Crippen molar-refractivity contribution in [1.29, 1.82) is 0 Å². The third-order valence-corrected chi connectivity index (χ3v) is 3.36. The molecule has 0 aliphatic carbocycles. The average Bonchev–Trinajstić information content (AvgIpc) is 2.80. The van der Waals surface area contributed by atoms with Crippen LogP contribution in [0.4, 0.5) is 5.82 Å². The van der Waals surface area contributed by atoms with Gasteiger partial charge >= 0.3 is 5.69 Å². The molecule has 0 amide bonds. The largest absolute Gasteiger partial charge is 0.394 e.